The predicted molar refractivity (Wildman–Crippen MR) is 84.8 cm³/mol. The molecule has 0 aliphatic carbocycles. The molecule has 1 fully saturated rings. The lowest BCUT2D eigenvalue weighted by atomic mass is 9.89. The maximum Gasteiger partial charge on any atom is 0.276 e. The van der Waals surface area contributed by atoms with Gasteiger partial charge in [0.1, 0.15) is 11.6 Å². The lowest BCUT2D eigenvalue weighted by molar-refractivity contribution is -0.384. The minimum Gasteiger partial charge on any atom is -0.370 e. The monoisotopic (exact) mass is 292 g/mol. The van der Waals surface area contributed by atoms with E-state index >= 15 is 0 Å². The van der Waals surface area contributed by atoms with Crippen LogP contribution in [0.5, 0.6) is 0 Å². The van der Waals surface area contributed by atoms with E-state index in [0.29, 0.717) is 23.5 Å². The Kier molecular flexibility index (Phi) is 4.98. The highest BCUT2D eigenvalue weighted by Gasteiger charge is 2.25. The van der Waals surface area contributed by atoms with Crippen LogP contribution in [0, 0.1) is 22.0 Å². The molecule has 0 amide bonds. The quantitative estimate of drug-likeness (QED) is 0.666. The van der Waals surface area contributed by atoms with Crippen LogP contribution in [-0.2, 0) is 0 Å². The fourth-order valence-corrected chi connectivity index (χ4v) is 2.58. The second kappa shape index (κ2) is 6.74. The van der Waals surface area contributed by atoms with Crippen molar-refractivity contribution in [1.29, 1.82) is 0 Å². The van der Waals surface area contributed by atoms with Gasteiger partial charge in [-0.3, -0.25) is 10.1 Å². The standard InChI is InChI=1S/C15H24N4O2/c1-4-6-16-14-8-13(19(20)21)9-15(17-14)18-7-5-11(2)12(3)10-18/h8-9,11-12H,4-7,10H2,1-3H3,(H,16,17). The summed E-state index contributed by atoms with van der Waals surface area (Å²) in [4.78, 5) is 17.5. The second-order valence-electron chi connectivity index (χ2n) is 5.94. The van der Waals surface area contributed by atoms with Crippen molar-refractivity contribution in [1.82, 2.24) is 4.98 Å². The van der Waals surface area contributed by atoms with E-state index in [1.807, 2.05) is 0 Å². The second-order valence-corrected chi connectivity index (χ2v) is 5.94. The maximum atomic E-state index is 11.1. The largest absolute Gasteiger partial charge is 0.370 e. The first kappa shape index (κ1) is 15.5. The molecule has 2 heterocycles. The molecular formula is C15H24N4O2. The van der Waals surface area contributed by atoms with E-state index in [9.17, 15) is 10.1 Å². The molecule has 1 aliphatic rings. The van der Waals surface area contributed by atoms with Crippen LogP contribution in [0.3, 0.4) is 0 Å². The van der Waals surface area contributed by atoms with Gasteiger partial charge in [-0.15, -0.1) is 0 Å². The van der Waals surface area contributed by atoms with Crippen LogP contribution in [0.1, 0.15) is 33.6 Å². The first-order chi connectivity index (χ1) is 10.0. The van der Waals surface area contributed by atoms with Crippen molar-refractivity contribution in [2.45, 2.75) is 33.6 Å². The Hall–Kier alpha value is -1.85. The number of aromatic nitrogens is 1. The smallest absolute Gasteiger partial charge is 0.276 e. The fourth-order valence-electron chi connectivity index (χ4n) is 2.58. The molecule has 2 unspecified atom stereocenters. The average molecular weight is 292 g/mol. The zero-order valence-corrected chi connectivity index (χ0v) is 13.0. The van der Waals surface area contributed by atoms with E-state index < -0.39 is 0 Å². The predicted octanol–water partition coefficient (Wildman–Crippen LogP) is 3.29. The lowest BCUT2D eigenvalue weighted by Crippen LogP contribution is -2.38. The number of nitrogens with zero attached hydrogens (tertiary/aromatic N) is 3. The van der Waals surface area contributed by atoms with E-state index in [0.717, 1.165) is 32.5 Å². The van der Waals surface area contributed by atoms with Gasteiger partial charge in [-0.1, -0.05) is 20.8 Å². The molecule has 6 nitrogen and oxygen atoms in total. The van der Waals surface area contributed by atoms with Crippen LogP contribution >= 0.6 is 0 Å². The van der Waals surface area contributed by atoms with Crippen molar-refractivity contribution in [3.63, 3.8) is 0 Å². The number of anilines is 2. The summed E-state index contributed by atoms with van der Waals surface area (Å²) in [5, 5.41) is 14.3. The van der Waals surface area contributed by atoms with Crippen LogP contribution in [0.2, 0.25) is 0 Å². The van der Waals surface area contributed by atoms with Crippen LogP contribution < -0.4 is 10.2 Å². The van der Waals surface area contributed by atoms with Gasteiger partial charge < -0.3 is 10.2 Å². The number of nitrogens with one attached hydrogen (secondary N) is 1. The SMILES string of the molecule is CCCNc1cc([N+](=O)[O-])cc(N2CCC(C)C(C)C2)n1. The van der Waals surface area contributed by atoms with Gasteiger partial charge in [-0.2, -0.15) is 0 Å². The highest BCUT2D eigenvalue weighted by Crippen LogP contribution is 2.29. The van der Waals surface area contributed by atoms with Gasteiger partial charge in [0.25, 0.3) is 5.69 Å². The summed E-state index contributed by atoms with van der Waals surface area (Å²) in [6, 6.07) is 3.09. The van der Waals surface area contributed by atoms with Gasteiger partial charge in [0.2, 0.25) is 0 Å². The first-order valence-electron chi connectivity index (χ1n) is 7.66. The summed E-state index contributed by atoms with van der Waals surface area (Å²) < 4.78 is 0. The van der Waals surface area contributed by atoms with Gasteiger partial charge in [0.05, 0.1) is 17.1 Å². The van der Waals surface area contributed by atoms with E-state index in [1.54, 1.807) is 6.07 Å². The minimum absolute atomic E-state index is 0.102. The number of pyridine rings is 1. The number of rotatable bonds is 5. The number of nitro groups is 1. The third kappa shape index (κ3) is 3.83. The Morgan fingerprint density at radius 1 is 1.43 bits per heavy atom. The summed E-state index contributed by atoms with van der Waals surface area (Å²) in [7, 11) is 0. The summed E-state index contributed by atoms with van der Waals surface area (Å²) in [5.41, 5.74) is 0.102. The molecule has 0 spiro atoms. The summed E-state index contributed by atoms with van der Waals surface area (Å²) >= 11 is 0. The van der Waals surface area contributed by atoms with Crippen molar-refractivity contribution in [3.05, 3.63) is 22.2 Å². The molecule has 1 aromatic heterocycles. The van der Waals surface area contributed by atoms with Crippen LogP contribution in [-0.4, -0.2) is 29.5 Å². The topological polar surface area (TPSA) is 71.3 Å². The molecule has 2 atom stereocenters. The van der Waals surface area contributed by atoms with Gasteiger partial charge in [-0.05, 0) is 24.7 Å². The number of hydrogen-bond acceptors (Lipinski definition) is 5. The van der Waals surface area contributed by atoms with Gasteiger partial charge in [0.15, 0.2) is 0 Å². The highest BCUT2D eigenvalue weighted by atomic mass is 16.6. The Bertz CT molecular complexity index is 506. The van der Waals surface area contributed by atoms with Crippen molar-refractivity contribution in [2.75, 3.05) is 29.9 Å². The molecule has 0 radical (unpaired) electrons. The maximum absolute atomic E-state index is 11.1. The van der Waals surface area contributed by atoms with E-state index in [-0.39, 0.29) is 10.6 Å². The molecule has 1 aliphatic heterocycles. The molecule has 1 saturated heterocycles. The molecule has 116 valence electrons. The third-order valence-electron chi connectivity index (χ3n) is 4.22. The van der Waals surface area contributed by atoms with Crippen LogP contribution in [0.4, 0.5) is 17.3 Å². The molecule has 0 aromatic carbocycles. The van der Waals surface area contributed by atoms with Gasteiger partial charge in [-0.25, -0.2) is 4.98 Å². The summed E-state index contributed by atoms with van der Waals surface area (Å²) in [6.07, 6.45) is 2.06. The summed E-state index contributed by atoms with van der Waals surface area (Å²) in [5.74, 6) is 2.57. The van der Waals surface area contributed by atoms with Crippen molar-refractivity contribution in [2.24, 2.45) is 11.8 Å². The normalized spacial score (nSPS) is 22.1. The van der Waals surface area contributed by atoms with E-state index in [2.05, 4.69) is 36.0 Å². The summed E-state index contributed by atoms with van der Waals surface area (Å²) in [6.45, 7) is 9.12. The first-order valence-corrected chi connectivity index (χ1v) is 7.66. The van der Waals surface area contributed by atoms with E-state index in [4.69, 9.17) is 0 Å². The molecule has 6 heteroatoms. The zero-order valence-electron chi connectivity index (χ0n) is 13.0. The van der Waals surface area contributed by atoms with E-state index in [1.165, 1.54) is 6.07 Å². The molecule has 1 aromatic rings. The number of hydrogen-bond donors (Lipinski definition) is 1. The minimum atomic E-state index is -0.349. The highest BCUT2D eigenvalue weighted by molar-refractivity contribution is 5.56. The Balaban J connectivity index is 2.25. The molecular weight excluding hydrogens is 268 g/mol. The van der Waals surface area contributed by atoms with Gasteiger partial charge in [0, 0.05) is 19.6 Å². The number of piperidine rings is 1. The molecule has 2 rings (SSSR count). The third-order valence-corrected chi connectivity index (χ3v) is 4.22. The zero-order chi connectivity index (χ0) is 15.4. The Labute approximate surface area is 125 Å². The molecule has 21 heavy (non-hydrogen) atoms. The van der Waals surface area contributed by atoms with Crippen LogP contribution in [0.25, 0.3) is 0 Å². The molecule has 0 saturated carbocycles. The fraction of sp³-hybridized carbons (Fsp3) is 0.667. The van der Waals surface area contributed by atoms with Crippen molar-refractivity contribution >= 4 is 17.3 Å². The molecule has 0 bridgehead atoms. The van der Waals surface area contributed by atoms with Crippen LogP contribution in [0.15, 0.2) is 12.1 Å². The lowest BCUT2D eigenvalue weighted by Gasteiger charge is -2.36. The Morgan fingerprint density at radius 2 is 2.19 bits per heavy atom. The average Bonchev–Trinajstić information content (AvgIpc) is 2.47. The van der Waals surface area contributed by atoms with Crippen molar-refractivity contribution in [3.8, 4) is 0 Å². The Morgan fingerprint density at radius 3 is 2.81 bits per heavy atom. The van der Waals surface area contributed by atoms with Crippen molar-refractivity contribution < 1.29 is 4.92 Å². The molecule has 1 N–H and O–H groups in total. The van der Waals surface area contributed by atoms with Gasteiger partial charge >= 0.3 is 0 Å².